The Kier molecular flexibility index (Phi) is 4.31. The Balaban J connectivity index is 2.10. The van der Waals surface area contributed by atoms with Gasteiger partial charge in [-0.15, -0.1) is 0 Å². The van der Waals surface area contributed by atoms with E-state index in [9.17, 15) is 10.1 Å². The Morgan fingerprint density at radius 3 is 3.00 bits per heavy atom. The zero-order valence-corrected chi connectivity index (χ0v) is 11.8. The number of nitro benzene ring substituents is 1. The van der Waals surface area contributed by atoms with Gasteiger partial charge in [-0.2, -0.15) is 0 Å². The first-order valence-electron chi connectivity index (χ1n) is 5.93. The van der Waals surface area contributed by atoms with Gasteiger partial charge in [-0.05, 0) is 35.0 Å². The minimum atomic E-state index is -0.353. The molecule has 1 unspecified atom stereocenters. The SMILES string of the molecule is CNC1CCN(Cc2cccc([N+](=O)[O-])c2Br)C1. The third-order valence-corrected chi connectivity index (χ3v) is 4.25. The predicted molar refractivity (Wildman–Crippen MR) is 73.5 cm³/mol. The molecule has 1 fully saturated rings. The molecule has 0 aliphatic carbocycles. The fraction of sp³-hybridized carbons (Fsp3) is 0.500. The molecule has 1 atom stereocenters. The number of halogens is 1. The zero-order valence-electron chi connectivity index (χ0n) is 10.2. The molecule has 0 saturated carbocycles. The Morgan fingerprint density at radius 1 is 1.61 bits per heavy atom. The lowest BCUT2D eigenvalue weighted by Crippen LogP contribution is -2.29. The monoisotopic (exact) mass is 313 g/mol. The molecule has 98 valence electrons. The fourth-order valence-electron chi connectivity index (χ4n) is 2.28. The molecule has 1 heterocycles. The molecule has 0 bridgehead atoms. The van der Waals surface area contributed by atoms with Crippen molar-refractivity contribution in [2.24, 2.45) is 0 Å². The summed E-state index contributed by atoms with van der Waals surface area (Å²) in [4.78, 5) is 12.8. The van der Waals surface area contributed by atoms with Crippen LogP contribution < -0.4 is 5.32 Å². The zero-order chi connectivity index (χ0) is 13.1. The minimum Gasteiger partial charge on any atom is -0.316 e. The van der Waals surface area contributed by atoms with E-state index in [1.807, 2.05) is 13.1 Å². The molecule has 0 radical (unpaired) electrons. The van der Waals surface area contributed by atoms with E-state index in [1.165, 1.54) is 6.07 Å². The van der Waals surface area contributed by atoms with E-state index in [2.05, 4.69) is 26.1 Å². The number of hydrogen-bond donors (Lipinski definition) is 1. The summed E-state index contributed by atoms with van der Waals surface area (Å²) in [5, 5.41) is 14.1. The van der Waals surface area contributed by atoms with E-state index < -0.39 is 0 Å². The lowest BCUT2D eigenvalue weighted by atomic mass is 10.2. The van der Waals surface area contributed by atoms with E-state index >= 15 is 0 Å². The number of likely N-dealkylation sites (tertiary alicyclic amines) is 1. The predicted octanol–water partition coefficient (Wildman–Crippen LogP) is 2.15. The Morgan fingerprint density at radius 2 is 2.39 bits per heavy atom. The van der Waals surface area contributed by atoms with Crippen molar-refractivity contribution in [3.8, 4) is 0 Å². The van der Waals surface area contributed by atoms with Crippen molar-refractivity contribution >= 4 is 21.6 Å². The largest absolute Gasteiger partial charge is 0.316 e. The van der Waals surface area contributed by atoms with Crippen LogP contribution in [0.4, 0.5) is 5.69 Å². The van der Waals surface area contributed by atoms with Crippen molar-refractivity contribution in [1.82, 2.24) is 10.2 Å². The van der Waals surface area contributed by atoms with Crippen LogP contribution in [-0.4, -0.2) is 36.0 Å². The summed E-state index contributed by atoms with van der Waals surface area (Å²) in [7, 11) is 1.97. The summed E-state index contributed by atoms with van der Waals surface area (Å²) >= 11 is 3.34. The molecule has 0 amide bonds. The molecule has 2 rings (SSSR count). The van der Waals surface area contributed by atoms with E-state index in [0.29, 0.717) is 10.5 Å². The molecule has 1 saturated heterocycles. The van der Waals surface area contributed by atoms with Crippen LogP contribution in [0.25, 0.3) is 0 Å². The normalized spacial score (nSPS) is 20.2. The maximum atomic E-state index is 10.9. The van der Waals surface area contributed by atoms with Crippen molar-refractivity contribution in [1.29, 1.82) is 0 Å². The van der Waals surface area contributed by atoms with Crippen molar-refractivity contribution < 1.29 is 4.92 Å². The molecule has 1 aliphatic heterocycles. The van der Waals surface area contributed by atoms with Gasteiger partial charge in [0.1, 0.15) is 0 Å². The standard InChI is InChI=1S/C12H16BrN3O2/c1-14-10-5-6-15(8-10)7-9-3-2-4-11(12(9)13)16(17)18/h2-4,10,14H,5-8H2,1H3. The molecule has 0 spiro atoms. The van der Waals surface area contributed by atoms with Crippen LogP contribution in [-0.2, 0) is 6.54 Å². The van der Waals surface area contributed by atoms with Crippen LogP contribution in [0.2, 0.25) is 0 Å². The number of benzene rings is 1. The van der Waals surface area contributed by atoms with Gasteiger partial charge in [-0.1, -0.05) is 12.1 Å². The van der Waals surface area contributed by atoms with Gasteiger partial charge >= 0.3 is 0 Å². The van der Waals surface area contributed by atoms with Crippen molar-refractivity contribution in [2.75, 3.05) is 20.1 Å². The molecule has 5 nitrogen and oxygen atoms in total. The van der Waals surface area contributed by atoms with Gasteiger partial charge in [0.2, 0.25) is 0 Å². The highest BCUT2D eigenvalue weighted by Crippen LogP contribution is 2.29. The van der Waals surface area contributed by atoms with Crippen molar-refractivity contribution in [3.63, 3.8) is 0 Å². The second-order valence-corrected chi connectivity index (χ2v) is 5.31. The van der Waals surface area contributed by atoms with Gasteiger partial charge in [0.25, 0.3) is 5.69 Å². The van der Waals surface area contributed by atoms with Crippen LogP contribution in [0.5, 0.6) is 0 Å². The highest BCUT2D eigenvalue weighted by atomic mass is 79.9. The summed E-state index contributed by atoms with van der Waals surface area (Å²) in [5.41, 5.74) is 1.11. The third-order valence-electron chi connectivity index (χ3n) is 3.33. The maximum absolute atomic E-state index is 10.9. The number of likely N-dealkylation sites (N-methyl/N-ethyl adjacent to an activating group) is 1. The minimum absolute atomic E-state index is 0.136. The Bertz CT molecular complexity index is 453. The van der Waals surface area contributed by atoms with Gasteiger partial charge in [0, 0.05) is 31.7 Å². The molecule has 0 aromatic heterocycles. The van der Waals surface area contributed by atoms with Gasteiger partial charge in [0.15, 0.2) is 0 Å². The number of nitro groups is 1. The number of hydrogen-bond acceptors (Lipinski definition) is 4. The fourth-order valence-corrected chi connectivity index (χ4v) is 2.82. The molecule has 1 N–H and O–H groups in total. The summed E-state index contributed by atoms with van der Waals surface area (Å²) in [6.45, 7) is 2.77. The van der Waals surface area contributed by atoms with E-state index in [4.69, 9.17) is 0 Å². The highest BCUT2D eigenvalue weighted by molar-refractivity contribution is 9.10. The van der Waals surface area contributed by atoms with Gasteiger partial charge < -0.3 is 5.32 Å². The second kappa shape index (κ2) is 5.77. The Labute approximate surface area is 114 Å². The smallest absolute Gasteiger partial charge is 0.283 e. The quantitative estimate of drug-likeness (QED) is 0.683. The first-order chi connectivity index (χ1) is 8.61. The average Bonchev–Trinajstić information content (AvgIpc) is 2.79. The first-order valence-corrected chi connectivity index (χ1v) is 6.72. The number of nitrogens with zero attached hydrogens (tertiary/aromatic N) is 2. The van der Waals surface area contributed by atoms with Crippen LogP contribution >= 0.6 is 15.9 Å². The van der Waals surface area contributed by atoms with Gasteiger partial charge in [-0.3, -0.25) is 15.0 Å². The molecule has 1 aromatic carbocycles. The summed E-state index contributed by atoms with van der Waals surface area (Å²) in [6, 6.07) is 5.73. The van der Waals surface area contributed by atoms with Crippen LogP contribution in [0, 0.1) is 10.1 Å². The van der Waals surface area contributed by atoms with Crippen molar-refractivity contribution in [3.05, 3.63) is 38.3 Å². The van der Waals surface area contributed by atoms with E-state index in [0.717, 1.165) is 31.6 Å². The van der Waals surface area contributed by atoms with Crippen LogP contribution in [0.3, 0.4) is 0 Å². The summed E-state index contributed by atoms with van der Waals surface area (Å²) in [5.74, 6) is 0. The van der Waals surface area contributed by atoms with Gasteiger partial charge in [0.05, 0.1) is 9.40 Å². The van der Waals surface area contributed by atoms with E-state index in [-0.39, 0.29) is 10.6 Å². The van der Waals surface area contributed by atoms with E-state index in [1.54, 1.807) is 6.07 Å². The number of nitrogens with one attached hydrogen (secondary N) is 1. The molecular weight excluding hydrogens is 298 g/mol. The summed E-state index contributed by atoms with van der Waals surface area (Å²) in [6.07, 6.45) is 1.13. The molecule has 6 heteroatoms. The number of rotatable bonds is 4. The average molecular weight is 314 g/mol. The van der Waals surface area contributed by atoms with Crippen LogP contribution in [0.1, 0.15) is 12.0 Å². The molecule has 1 aliphatic rings. The highest BCUT2D eigenvalue weighted by Gasteiger charge is 2.23. The third kappa shape index (κ3) is 2.88. The summed E-state index contributed by atoms with van der Waals surface area (Å²) < 4.78 is 0.600. The molecule has 18 heavy (non-hydrogen) atoms. The van der Waals surface area contributed by atoms with Crippen LogP contribution in [0.15, 0.2) is 22.7 Å². The first kappa shape index (κ1) is 13.5. The molecule has 1 aromatic rings. The topological polar surface area (TPSA) is 58.4 Å². The lowest BCUT2D eigenvalue weighted by Gasteiger charge is -2.16. The second-order valence-electron chi connectivity index (χ2n) is 4.52. The maximum Gasteiger partial charge on any atom is 0.283 e. The molecular formula is C12H16BrN3O2. The Hall–Kier alpha value is -0.980. The lowest BCUT2D eigenvalue weighted by molar-refractivity contribution is -0.385. The van der Waals surface area contributed by atoms with Crippen molar-refractivity contribution in [2.45, 2.75) is 19.0 Å². The van der Waals surface area contributed by atoms with Gasteiger partial charge in [-0.25, -0.2) is 0 Å².